The Hall–Kier alpha value is -2.78. The molecule has 1 saturated heterocycles. The Morgan fingerprint density at radius 1 is 1.26 bits per heavy atom. The van der Waals surface area contributed by atoms with Gasteiger partial charge in [0.25, 0.3) is 0 Å². The first-order chi connectivity index (χ1) is 13.1. The van der Waals surface area contributed by atoms with Gasteiger partial charge in [-0.1, -0.05) is 30.7 Å². The summed E-state index contributed by atoms with van der Waals surface area (Å²) in [5.74, 6) is 1.03. The molecule has 0 aliphatic carbocycles. The van der Waals surface area contributed by atoms with Crippen LogP contribution in [0.5, 0.6) is 0 Å². The number of oxazole rings is 1. The first-order valence-electron chi connectivity index (χ1n) is 8.98. The van der Waals surface area contributed by atoms with Crippen LogP contribution in [0.25, 0.3) is 12.2 Å². The van der Waals surface area contributed by atoms with E-state index in [1.807, 2.05) is 47.1 Å². The Morgan fingerprint density at radius 3 is 2.59 bits per heavy atom. The zero-order valence-electron chi connectivity index (χ0n) is 15.2. The zero-order valence-corrected chi connectivity index (χ0v) is 15.9. The zero-order chi connectivity index (χ0) is 19.2. The molecule has 6 nitrogen and oxygen atoms in total. The van der Waals surface area contributed by atoms with E-state index in [4.69, 9.17) is 16.0 Å². The molecule has 1 aromatic carbocycles. The van der Waals surface area contributed by atoms with E-state index < -0.39 is 0 Å². The molecular weight excluding hydrogens is 364 g/mol. The van der Waals surface area contributed by atoms with Crippen LogP contribution in [0.2, 0.25) is 5.02 Å². The number of hydrogen-bond acceptors (Lipinski definition) is 5. The fraction of sp³-hybridized carbons (Fsp3) is 0.350. The Balaban J connectivity index is 1.69. The van der Waals surface area contributed by atoms with Crippen LogP contribution in [0.3, 0.4) is 0 Å². The van der Waals surface area contributed by atoms with Gasteiger partial charge in [-0.3, -0.25) is 4.79 Å². The molecule has 1 amide bonds. The number of benzene rings is 1. The summed E-state index contributed by atoms with van der Waals surface area (Å²) in [4.78, 5) is 20.1. The van der Waals surface area contributed by atoms with Gasteiger partial charge in [0, 0.05) is 43.7 Å². The molecular formula is C20H21ClN4O2. The number of carbonyl (C=O) groups is 1. The number of piperazine rings is 1. The largest absolute Gasteiger partial charge is 0.420 e. The molecule has 0 spiro atoms. The van der Waals surface area contributed by atoms with Crippen molar-refractivity contribution >= 4 is 35.5 Å². The number of carbonyl (C=O) groups excluding carboxylic acids is 1. The molecule has 3 rings (SSSR count). The van der Waals surface area contributed by atoms with Gasteiger partial charge in [-0.2, -0.15) is 10.2 Å². The van der Waals surface area contributed by atoms with Gasteiger partial charge in [-0.15, -0.1) is 0 Å². The minimum absolute atomic E-state index is 0.182. The molecule has 1 aliphatic heterocycles. The van der Waals surface area contributed by atoms with E-state index in [0.717, 1.165) is 12.0 Å². The third kappa shape index (κ3) is 4.69. The van der Waals surface area contributed by atoms with E-state index in [1.165, 1.54) is 0 Å². The van der Waals surface area contributed by atoms with Crippen molar-refractivity contribution in [1.82, 2.24) is 9.88 Å². The highest BCUT2D eigenvalue weighted by atomic mass is 35.5. The SMILES string of the molecule is CCCC(=O)N1CCN(c2oc(/C=C/c3ccc(Cl)cc3)nc2C#N)CC1. The third-order valence-electron chi connectivity index (χ3n) is 4.40. The summed E-state index contributed by atoms with van der Waals surface area (Å²) in [7, 11) is 0. The highest BCUT2D eigenvalue weighted by molar-refractivity contribution is 6.30. The number of hydrogen-bond donors (Lipinski definition) is 0. The summed E-state index contributed by atoms with van der Waals surface area (Å²) >= 11 is 5.88. The topological polar surface area (TPSA) is 73.4 Å². The second kappa shape index (κ2) is 8.74. The van der Waals surface area contributed by atoms with Crippen molar-refractivity contribution in [2.45, 2.75) is 19.8 Å². The van der Waals surface area contributed by atoms with Crippen molar-refractivity contribution in [3.8, 4) is 6.07 Å². The van der Waals surface area contributed by atoms with Gasteiger partial charge in [0.05, 0.1) is 0 Å². The predicted molar refractivity (Wildman–Crippen MR) is 105 cm³/mol. The fourth-order valence-electron chi connectivity index (χ4n) is 2.96. The first kappa shape index (κ1) is 19.0. The molecule has 0 atom stereocenters. The predicted octanol–water partition coefficient (Wildman–Crippen LogP) is 3.82. The molecule has 1 fully saturated rings. The second-order valence-electron chi connectivity index (χ2n) is 6.32. The van der Waals surface area contributed by atoms with Crippen LogP contribution in [-0.4, -0.2) is 42.0 Å². The molecule has 140 valence electrons. The van der Waals surface area contributed by atoms with Crippen molar-refractivity contribution in [1.29, 1.82) is 5.26 Å². The van der Waals surface area contributed by atoms with Crippen molar-refractivity contribution in [3.63, 3.8) is 0 Å². The number of halogens is 1. The molecule has 0 saturated carbocycles. The molecule has 7 heteroatoms. The van der Waals surface area contributed by atoms with Gasteiger partial charge in [0.15, 0.2) is 0 Å². The number of aromatic nitrogens is 1. The average Bonchev–Trinajstić information content (AvgIpc) is 3.11. The number of nitrogens with zero attached hydrogens (tertiary/aromatic N) is 4. The molecule has 1 aromatic heterocycles. The maximum Gasteiger partial charge on any atom is 0.235 e. The fourth-order valence-corrected chi connectivity index (χ4v) is 3.08. The maximum atomic E-state index is 12.0. The standard InChI is InChI=1S/C20H21ClN4O2/c1-2-3-19(26)24-10-12-25(13-11-24)20-17(14-22)23-18(27-20)9-6-15-4-7-16(21)8-5-15/h4-9H,2-3,10-13H2,1H3/b9-6+. The monoisotopic (exact) mass is 384 g/mol. The normalized spacial score (nSPS) is 14.6. The molecule has 0 radical (unpaired) electrons. The molecule has 0 bridgehead atoms. The summed E-state index contributed by atoms with van der Waals surface area (Å²) in [5, 5.41) is 10.1. The summed E-state index contributed by atoms with van der Waals surface area (Å²) in [6, 6.07) is 9.49. The van der Waals surface area contributed by atoms with Crippen LogP contribution in [0.15, 0.2) is 28.7 Å². The van der Waals surface area contributed by atoms with Crippen molar-refractivity contribution < 1.29 is 9.21 Å². The number of nitriles is 1. The van der Waals surface area contributed by atoms with Gasteiger partial charge in [0.2, 0.25) is 23.4 Å². The van der Waals surface area contributed by atoms with E-state index in [2.05, 4.69) is 11.1 Å². The summed E-state index contributed by atoms with van der Waals surface area (Å²) in [6.45, 7) is 4.50. The lowest BCUT2D eigenvalue weighted by molar-refractivity contribution is -0.131. The lowest BCUT2D eigenvalue weighted by atomic mass is 10.2. The number of amides is 1. The minimum atomic E-state index is 0.182. The van der Waals surface area contributed by atoms with E-state index >= 15 is 0 Å². The Bertz CT molecular complexity index is 859. The summed E-state index contributed by atoms with van der Waals surface area (Å²) in [5.41, 5.74) is 1.22. The van der Waals surface area contributed by atoms with Gasteiger partial charge in [-0.25, -0.2) is 0 Å². The van der Waals surface area contributed by atoms with Crippen LogP contribution >= 0.6 is 11.6 Å². The van der Waals surface area contributed by atoms with Crippen LogP contribution in [-0.2, 0) is 4.79 Å². The molecule has 2 aromatic rings. The number of anilines is 1. The summed E-state index contributed by atoms with van der Waals surface area (Å²) in [6.07, 6.45) is 5.01. The molecule has 1 aliphatic rings. The highest BCUT2D eigenvalue weighted by Crippen LogP contribution is 2.24. The van der Waals surface area contributed by atoms with Crippen molar-refractivity contribution in [2.24, 2.45) is 0 Å². The minimum Gasteiger partial charge on any atom is -0.420 e. The quantitative estimate of drug-likeness (QED) is 0.783. The first-order valence-corrected chi connectivity index (χ1v) is 9.35. The maximum absolute atomic E-state index is 12.0. The molecule has 0 unspecified atom stereocenters. The van der Waals surface area contributed by atoms with Crippen molar-refractivity contribution in [3.05, 3.63) is 46.4 Å². The Morgan fingerprint density at radius 2 is 1.96 bits per heavy atom. The van der Waals surface area contributed by atoms with Crippen LogP contribution in [0.1, 0.15) is 36.9 Å². The van der Waals surface area contributed by atoms with Gasteiger partial charge < -0.3 is 14.2 Å². The molecule has 0 N–H and O–H groups in total. The van der Waals surface area contributed by atoms with Crippen LogP contribution in [0.4, 0.5) is 5.88 Å². The van der Waals surface area contributed by atoms with E-state index in [1.54, 1.807) is 6.08 Å². The van der Waals surface area contributed by atoms with E-state index in [0.29, 0.717) is 49.4 Å². The lowest BCUT2D eigenvalue weighted by Gasteiger charge is -2.34. The molecule has 2 heterocycles. The second-order valence-corrected chi connectivity index (χ2v) is 6.76. The highest BCUT2D eigenvalue weighted by Gasteiger charge is 2.25. The third-order valence-corrected chi connectivity index (χ3v) is 4.66. The van der Waals surface area contributed by atoms with Gasteiger partial charge in [-0.05, 0) is 30.2 Å². The smallest absolute Gasteiger partial charge is 0.235 e. The average molecular weight is 385 g/mol. The van der Waals surface area contributed by atoms with Crippen molar-refractivity contribution in [2.75, 3.05) is 31.1 Å². The van der Waals surface area contributed by atoms with Gasteiger partial charge in [0.1, 0.15) is 6.07 Å². The Labute approximate surface area is 163 Å². The van der Waals surface area contributed by atoms with E-state index in [9.17, 15) is 10.1 Å². The summed E-state index contributed by atoms with van der Waals surface area (Å²) < 4.78 is 5.81. The van der Waals surface area contributed by atoms with Crippen LogP contribution < -0.4 is 4.90 Å². The van der Waals surface area contributed by atoms with E-state index in [-0.39, 0.29) is 11.6 Å². The number of rotatable bonds is 5. The lowest BCUT2D eigenvalue weighted by Crippen LogP contribution is -2.48. The molecule has 27 heavy (non-hydrogen) atoms. The van der Waals surface area contributed by atoms with Gasteiger partial charge >= 0.3 is 0 Å². The Kier molecular flexibility index (Phi) is 6.15. The van der Waals surface area contributed by atoms with Crippen LogP contribution in [0, 0.1) is 11.3 Å².